The molecule has 0 spiro atoms. The Bertz CT molecular complexity index is 298. The summed E-state index contributed by atoms with van der Waals surface area (Å²) in [4.78, 5) is 21.9. The maximum atomic E-state index is 11.3. The maximum absolute atomic E-state index is 11.3. The Labute approximate surface area is 88.8 Å². The quantitative estimate of drug-likeness (QED) is 0.673. The van der Waals surface area contributed by atoms with Crippen LogP contribution in [0.4, 0.5) is 0 Å². The summed E-state index contributed by atoms with van der Waals surface area (Å²) in [5, 5.41) is 11.7. The molecule has 1 atom stereocenters. The molecular formula is C10H17NO4. The van der Waals surface area contributed by atoms with E-state index in [2.05, 4.69) is 5.32 Å². The predicted octanol–water partition coefficient (Wildman–Crippen LogP) is 0.533. The lowest BCUT2D eigenvalue weighted by molar-refractivity contribution is -0.155. The van der Waals surface area contributed by atoms with E-state index in [0.29, 0.717) is 6.41 Å². The monoisotopic (exact) mass is 215 g/mol. The highest BCUT2D eigenvalue weighted by molar-refractivity contribution is 5.84. The first-order chi connectivity index (χ1) is 6.67. The number of carbonyl (C=O) groups is 2. The average molecular weight is 215 g/mol. The van der Waals surface area contributed by atoms with Crippen molar-refractivity contribution in [3.05, 3.63) is 0 Å². The Hall–Kier alpha value is -1.10. The number of amides is 1. The molecular weight excluding hydrogens is 198 g/mol. The van der Waals surface area contributed by atoms with Gasteiger partial charge in [0.05, 0.1) is 11.2 Å². The SMILES string of the molecule is CC1(C)CC(NC=O)(C(=O)O)C(C)(C)O1. The van der Waals surface area contributed by atoms with Gasteiger partial charge in [-0.15, -0.1) is 0 Å². The third-order valence-corrected chi connectivity index (χ3v) is 2.92. The molecule has 1 amide bonds. The van der Waals surface area contributed by atoms with Gasteiger partial charge in [0.25, 0.3) is 0 Å². The van der Waals surface area contributed by atoms with Crippen molar-refractivity contribution in [2.45, 2.75) is 50.9 Å². The number of carboxylic acid groups (broad SMARTS) is 1. The van der Waals surface area contributed by atoms with Crippen LogP contribution >= 0.6 is 0 Å². The van der Waals surface area contributed by atoms with Crippen LogP contribution in [0, 0.1) is 0 Å². The molecule has 1 rings (SSSR count). The van der Waals surface area contributed by atoms with E-state index in [-0.39, 0.29) is 6.42 Å². The first kappa shape index (κ1) is 12.0. The molecule has 15 heavy (non-hydrogen) atoms. The minimum Gasteiger partial charge on any atom is -0.479 e. The van der Waals surface area contributed by atoms with Crippen LogP contribution in [0.3, 0.4) is 0 Å². The van der Waals surface area contributed by atoms with Gasteiger partial charge in [0.15, 0.2) is 5.54 Å². The number of carboxylic acids is 1. The van der Waals surface area contributed by atoms with E-state index in [1.165, 1.54) is 0 Å². The molecule has 5 nitrogen and oxygen atoms in total. The van der Waals surface area contributed by atoms with Crippen molar-refractivity contribution in [1.82, 2.24) is 5.32 Å². The molecule has 2 N–H and O–H groups in total. The van der Waals surface area contributed by atoms with Crippen LogP contribution in [-0.2, 0) is 14.3 Å². The number of nitrogens with one attached hydrogen (secondary N) is 1. The molecule has 1 heterocycles. The van der Waals surface area contributed by atoms with Crippen molar-refractivity contribution >= 4 is 12.4 Å². The third kappa shape index (κ3) is 1.71. The van der Waals surface area contributed by atoms with E-state index < -0.39 is 22.7 Å². The molecule has 0 aromatic carbocycles. The van der Waals surface area contributed by atoms with Crippen molar-refractivity contribution in [3.63, 3.8) is 0 Å². The topological polar surface area (TPSA) is 75.6 Å². The molecule has 1 aliphatic heterocycles. The minimum absolute atomic E-state index is 0.251. The molecule has 0 aromatic rings. The van der Waals surface area contributed by atoms with Crippen molar-refractivity contribution in [2.24, 2.45) is 0 Å². The van der Waals surface area contributed by atoms with Gasteiger partial charge in [0.2, 0.25) is 6.41 Å². The zero-order valence-corrected chi connectivity index (χ0v) is 9.46. The molecule has 1 fully saturated rings. The van der Waals surface area contributed by atoms with E-state index in [9.17, 15) is 14.7 Å². The molecule has 0 radical (unpaired) electrons. The molecule has 1 aliphatic rings. The summed E-state index contributed by atoms with van der Waals surface area (Å²) in [6.45, 7) is 6.97. The lowest BCUT2D eigenvalue weighted by Crippen LogP contribution is -2.62. The van der Waals surface area contributed by atoms with Gasteiger partial charge in [-0.3, -0.25) is 4.79 Å². The Morgan fingerprint density at radius 1 is 1.40 bits per heavy atom. The van der Waals surface area contributed by atoms with E-state index in [1.807, 2.05) is 13.8 Å². The van der Waals surface area contributed by atoms with Gasteiger partial charge >= 0.3 is 5.97 Å². The van der Waals surface area contributed by atoms with Crippen LogP contribution in [0.2, 0.25) is 0 Å². The van der Waals surface area contributed by atoms with E-state index in [4.69, 9.17) is 4.74 Å². The number of carbonyl (C=O) groups excluding carboxylic acids is 1. The second kappa shape index (κ2) is 3.20. The van der Waals surface area contributed by atoms with Crippen LogP contribution in [0.15, 0.2) is 0 Å². The van der Waals surface area contributed by atoms with Crippen LogP contribution < -0.4 is 5.32 Å². The third-order valence-electron chi connectivity index (χ3n) is 2.92. The van der Waals surface area contributed by atoms with E-state index in [1.54, 1.807) is 13.8 Å². The smallest absolute Gasteiger partial charge is 0.332 e. The Kier molecular flexibility index (Phi) is 2.55. The Balaban J connectivity index is 3.18. The molecule has 1 unspecified atom stereocenters. The Morgan fingerprint density at radius 2 is 1.93 bits per heavy atom. The fourth-order valence-electron chi connectivity index (χ4n) is 2.39. The number of hydrogen-bond donors (Lipinski definition) is 2. The highest BCUT2D eigenvalue weighted by Gasteiger charge is 2.62. The number of ether oxygens (including phenoxy) is 1. The predicted molar refractivity (Wildman–Crippen MR) is 53.4 cm³/mol. The molecule has 86 valence electrons. The van der Waals surface area contributed by atoms with Gasteiger partial charge in [-0.05, 0) is 27.7 Å². The van der Waals surface area contributed by atoms with Crippen LogP contribution in [0.25, 0.3) is 0 Å². The standard InChI is InChI=1S/C10H17NO4/c1-8(2)5-10(7(13)14,11-6-12)9(3,4)15-8/h6H,5H2,1-4H3,(H,11,12)(H,13,14). The van der Waals surface area contributed by atoms with Crippen LogP contribution in [-0.4, -0.2) is 34.2 Å². The summed E-state index contributed by atoms with van der Waals surface area (Å²) >= 11 is 0. The van der Waals surface area contributed by atoms with Gasteiger partial charge in [-0.2, -0.15) is 0 Å². The zero-order valence-electron chi connectivity index (χ0n) is 9.46. The molecule has 0 bridgehead atoms. The number of hydrogen-bond acceptors (Lipinski definition) is 3. The van der Waals surface area contributed by atoms with Gasteiger partial charge in [-0.1, -0.05) is 0 Å². The minimum atomic E-state index is -1.35. The summed E-state index contributed by atoms with van der Waals surface area (Å²) in [7, 11) is 0. The fraction of sp³-hybridized carbons (Fsp3) is 0.800. The molecule has 0 saturated carbocycles. The summed E-state index contributed by atoms with van der Waals surface area (Å²) < 4.78 is 5.66. The van der Waals surface area contributed by atoms with E-state index >= 15 is 0 Å². The second-order valence-corrected chi connectivity index (χ2v) is 5.02. The van der Waals surface area contributed by atoms with Crippen molar-refractivity contribution in [2.75, 3.05) is 0 Å². The highest BCUT2D eigenvalue weighted by Crippen LogP contribution is 2.44. The second-order valence-electron chi connectivity index (χ2n) is 5.02. The van der Waals surface area contributed by atoms with Crippen LogP contribution in [0.5, 0.6) is 0 Å². The largest absolute Gasteiger partial charge is 0.479 e. The molecule has 5 heteroatoms. The highest BCUT2D eigenvalue weighted by atomic mass is 16.5. The van der Waals surface area contributed by atoms with Crippen molar-refractivity contribution < 1.29 is 19.4 Å². The van der Waals surface area contributed by atoms with Crippen LogP contribution in [0.1, 0.15) is 34.1 Å². The number of rotatable bonds is 3. The maximum Gasteiger partial charge on any atom is 0.332 e. The zero-order chi connectivity index (χ0) is 11.9. The molecule has 1 saturated heterocycles. The molecule has 0 aliphatic carbocycles. The first-order valence-corrected chi connectivity index (χ1v) is 4.82. The van der Waals surface area contributed by atoms with Crippen molar-refractivity contribution in [1.29, 1.82) is 0 Å². The Morgan fingerprint density at radius 3 is 2.20 bits per heavy atom. The summed E-state index contributed by atoms with van der Waals surface area (Å²) in [5.74, 6) is -1.06. The first-order valence-electron chi connectivity index (χ1n) is 4.82. The normalized spacial score (nSPS) is 32.3. The average Bonchev–Trinajstić information content (AvgIpc) is 2.17. The summed E-state index contributed by atoms with van der Waals surface area (Å²) in [6, 6.07) is 0. The van der Waals surface area contributed by atoms with Crippen molar-refractivity contribution in [3.8, 4) is 0 Å². The molecule has 0 aromatic heterocycles. The summed E-state index contributed by atoms with van der Waals surface area (Å²) in [6.07, 6.45) is 0.668. The van der Waals surface area contributed by atoms with Gasteiger partial charge in [0, 0.05) is 6.42 Å². The lowest BCUT2D eigenvalue weighted by Gasteiger charge is -2.35. The van der Waals surface area contributed by atoms with Gasteiger partial charge in [-0.25, -0.2) is 4.79 Å². The summed E-state index contributed by atoms with van der Waals surface area (Å²) in [5.41, 5.74) is -2.83. The lowest BCUT2D eigenvalue weighted by atomic mass is 9.79. The van der Waals surface area contributed by atoms with Gasteiger partial charge in [0.1, 0.15) is 0 Å². The fourth-order valence-corrected chi connectivity index (χ4v) is 2.39. The number of aliphatic carboxylic acids is 1. The van der Waals surface area contributed by atoms with E-state index in [0.717, 1.165) is 0 Å². The van der Waals surface area contributed by atoms with Gasteiger partial charge < -0.3 is 15.2 Å².